The van der Waals surface area contributed by atoms with Gasteiger partial charge in [0.2, 0.25) is 5.91 Å². The minimum atomic E-state index is -0.0770. The van der Waals surface area contributed by atoms with Gasteiger partial charge < -0.3 is 15.0 Å². The standard InChI is InChI=1S/C17H23ClN2O2/c1-19-10-12-4-6-20(7-5-12)17(21)14-8-13-9-15(18)2-3-16(13)22-11-14/h2-3,9,12,14,19H,4-8,10-11H2,1H3. The molecule has 1 saturated heterocycles. The highest BCUT2D eigenvalue weighted by molar-refractivity contribution is 6.30. The molecule has 1 atom stereocenters. The Balaban J connectivity index is 1.60. The number of carbonyl (C=O) groups is 1. The summed E-state index contributed by atoms with van der Waals surface area (Å²) in [6, 6.07) is 5.63. The van der Waals surface area contributed by atoms with E-state index in [4.69, 9.17) is 16.3 Å². The SMILES string of the molecule is CNCC1CCN(C(=O)C2COc3ccc(Cl)cc3C2)CC1. The van der Waals surface area contributed by atoms with Crippen LogP contribution in [0.2, 0.25) is 5.02 Å². The van der Waals surface area contributed by atoms with Crippen LogP contribution in [-0.2, 0) is 11.2 Å². The van der Waals surface area contributed by atoms with Crippen LogP contribution in [0.1, 0.15) is 18.4 Å². The predicted molar refractivity (Wildman–Crippen MR) is 87.4 cm³/mol. The van der Waals surface area contributed by atoms with Gasteiger partial charge in [-0.25, -0.2) is 0 Å². The van der Waals surface area contributed by atoms with Gasteiger partial charge in [0.25, 0.3) is 0 Å². The van der Waals surface area contributed by atoms with Gasteiger partial charge in [-0.3, -0.25) is 4.79 Å². The van der Waals surface area contributed by atoms with E-state index in [9.17, 15) is 4.79 Å². The number of ether oxygens (including phenoxy) is 1. The molecule has 0 bridgehead atoms. The first-order chi connectivity index (χ1) is 10.7. The van der Waals surface area contributed by atoms with Gasteiger partial charge in [0, 0.05) is 18.1 Å². The van der Waals surface area contributed by atoms with Crippen molar-refractivity contribution in [1.29, 1.82) is 0 Å². The van der Waals surface area contributed by atoms with Crippen LogP contribution in [0, 0.1) is 11.8 Å². The number of piperidine rings is 1. The normalized spacial score (nSPS) is 22.1. The van der Waals surface area contributed by atoms with Crippen molar-refractivity contribution in [2.45, 2.75) is 19.3 Å². The monoisotopic (exact) mass is 322 g/mol. The lowest BCUT2D eigenvalue weighted by molar-refractivity contribution is -0.138. The van der Waals surface area contributed by atoms with Gasteiger partial charge >= 0.3 is 0 Å². The Hall–Kier alpha value is -1.26. The Bertz CT molecular complexity index is 541. The third-order valence-corrected chi connectivity index (χ3v) is 4.93. The summed E-state index contributed by atoms with van der Waals surface area (Å²) in [7, 11) is 1.99. The first-order valence-corrected chi connectivity index (χ1v) is 8.39. The first-order valence-electron chi connectivity index (χ1n) is 8.02. The Morgan fingerprint density at radius 3 is 2.91 bits per heavy atom. The molecule has 1 N–H and O–H groups in total. The van der Waals surface area contributed by atoms with E-state index in [1.165, 1.54) is 0 Å². The highest BCUT2D eigenvalue weighted by atomic mass is 35.5. The molecule has 0 saturated carbocycles. The zero-order chi connectivity index (χ0) is 15.5. The van der Waals surface area contributed by atoms with E-state index in [0.717, 1.165) is 50.2 Å². The minimum Gasteiger partial charge on any atom is -0.492 e. The fourth-order valence-corrected chi connectivity index (χ4v) is 3.62. The van der Waals surface area contributed by atoms with Crippen LogP contribution < -0.4 is 10.1 Å². The molecule has 1 aromatic rings. The zero-order valence-electron chi connectivity index (χ0n) is 13.0. The molecule has 1 unspecified atom stereocenters. The van der Waals surface area contributed by atoms with Crippen molar-refractivity contribution in [3.63, 3.8) is 0 Å². The number of amides is 1. The number of rotatable bonds is 3. The van der Waals surface area contributed by atoms with Gasteiger partial charge in [-0.1, -0.05) is 11.6 Å². The van der Waals surface area contributed by atoms with Gasteiger partial charge in [0.15, 0.2) is 0 Å². The molecule has 0 aliphatic carbocycles. The summed E-state index contributed by atoms with van der Waals surface area (Å²) in [5.74, 6) is 1.71. The third-order valence-electron chi connectivity index (χ3n) is 4.70. The molecule has 120 valence electrons. The van der Waals surface area contributed by atoms with Crippen molar-refractivity contribution >= 4 is 17.5 Å². The number of halogens is 1. The Morgan fingerprint density at radius 1 is 1.41 bits per heavy atom. The van der Waals surface area contributed by atoms with Crippen LogP contribution in [0.3, 0.4) is 0 Å². The third kappa shape index (κ3) is 3.39. The number of benzene rings is 1. The number of hydrogen-bond acceptors (Lipinski definition) is 3. The predicted octanol–water partition coefficient (Wildman–Crippen LogP) is 2.35. The smallest absolute Gasteiger partial charge is 0.229 e. The molecule has 1 aromatic carbocycles. The quantitative estimate of drug-likeness (QED) is 0.929. The van der Waals surface area contributed by atoms with Crippen LogP contribution in [0.25, 0.3) is 0 Å². The number of fused-ring (bicyclic) bond motifs is 1. The highest BCUT2D eigenvalue weighted by Crippen LogP contribution is 2.31. The number of hydrogen-bond donors (Lipinski definition) is 1. The molecule has 22 heavy (non-hydrogen) atoms. The molecule has 2 aliphatic heterocycles. The number of carbonyl (C=O) groups excluding carboxylic acids is 1. The fourth-order valence-electron chi connectivity index (χ4n) is 3.43. The topological polar surface area (TPSA) is 41.6 Å². The molecular weight excluding hydrogens is 300 g/mol. The summed E-state index contributed by atoms with van der Waals surface area (Å²) in [5, 5.41) is 3.92. The summed E-state index contributed by atoms with van der Waals surface area (Å²) in [6.07, 6.45) is 2.90. The van der Waals surface area contributed by atoms with E-state index >= 15 is 0 Å². The lowest BCUT2D eigenvalue weighted by Crippen LogP contribution is -2.45. The second-order valence-corrected chi connectivity index (χ2v) is 6.73. The summed E-state index contributed by atoms with van der Waals surface area (Å²) in [4.78, 5) is 14.7. The molecule has 3 rings (SSSR count). The van der Waals surface area contributed by atoms with Gasteiger partial charge in [0.1, 0.15) is 12.4 Å². The Labute approximate surface area is 136 Å². The molecular formula is C17H23ClN2O2. The van der Waals surface area contributed by atoms with Gasteiger partial charge in [-0.05, 0) is 62.5 Å². The summed E-state index contributed by atoms with van der Waals surface area (Å²) < 4.78 is 5.75. The molecule has 1 amide bonds. The van der Waals surface area contributed by atoms with E-state index in [1.807, 2.05) is 30.1 Å². The average molecular weight is 323 g/mol. The van der Waals surface area contributed by atoms with Crippen LogP contribution in [-0.4, -0.2) is 44.1 Å². The van der Waals surface area contributed by atoms with Crippen LogP contribution in [0.4, 0.5) is 0 Å². The van der Waals surface area contributed by atoms with Crippen molar-refractivity contribution in [3.05, 3.63) is 28.8 Å². The fraction of sp³-hybridized carbons (Fsp3) is 0.588. The van der Waals surface area contributed by atoms with Crippen molar-refractivity contribution in [2.75, 3.05) is 33.3 Å². The van der Waals surface area contributed by atoms with Crippen molar-refractivity contribution in [1.82, 2.24) is 10.2 Å². The average Bonchev–Trinajstić information content (AvgIpc) is 2.54. The van der Waals surface area contributed by atoms with Gasteiger partial charge in [0.05, 0.1) is 5.92 Å². The molecule has 5 heteroatoms. The molecule has 0 spiro atoms. The highest BCUT2D eigenvalue weighted by Gasteiger charge is 2.31. The van der Waals surface area contributed by atoms with E-state index in [2.05, 4.69) is 5.32 Å². The maximum absolute atomic E-state index is 12.7. The first kappa shape index (κ1) is 15.6. The summed E-state index contributed by atoms with van der Waals surface area (Å²) >= 11 is 6.04. The molecule has 4 nitrogen and oxygen atoms in total. The minimum absolute atomic E-state index is 0.0770. The van der Waals surface area contributed by atoms with Crippen LogP contribution in [0.15, 0.2) is 18.2 Å². The largest absolute Gasteiger partial charge is 0.492 e. The summed E-state index contributed by atoms with van der Waals surface area (Å²) in [5.41, 5.74) is 1.04. The van der Waals surface area contributed by atoms with Gasteiger partial charge in [-0.2, -0.15) is 0 Å². The van der Waals surface area contributed by atoms with E-state index < -0.39 is 0 Å². The van der Waals surface area contributed by atoms with E-state index in [-0.39, 0.29) is 11.8 Å². The van der Waals surface area contributed by atoms with Crippen LogP contribution >= 0.6 is 11.6 Å². The van der Waals surface area contributed by atoms with Crippen LogP contribution in [0.5, 0.6) is 5.75 Å². The lowest BCUT2D eigenvalue weighted by Gasteiger charge is -2.35. The van der Waals surface area contributed by atoms with Crippen molar-refractivity contribution in [3.8, 4) is 5.75 Å². The molecule has 0 aromatic heterocycles. The van der Waals surface area contributed by atoms with E-state index in [1.54, 1.807) is 0 Å². The number of likely N-dealkylation sites (tertiary alicyclic amines) is 1. The summed E-state index contributed by atoms with van der Waals surface area (Å²) in [6.45, 7) is 3.25. The molecule has 0 radical (unpaired) electrons. The Kier molecular flexibility index (Phi) is 4.89. The van der Waals surface area contributed by atoms with Gasteiger partial charge in [-0.15, -0.1) is 0 Å². The second-order valence-electron chi connectivity index (χ2n) is 6.29. The molecule has 2 aliphatic rings. The maximum Gasteiger partial charge on any atom is 0.229 e. The van der Waals surface area contributed by atoms with E-state index in [0.29, 0.717) is 17.5 Å². The number of nitrogens with one attached hydrogen (secondary N) is 1. The lowest BCUT2D eigenvalue weighted by atomic mass is 9.92. The maximum atomic E-state index is 12.7. The molecule has 1 fully saturated rings. The number of nitrogens with zero attached hydrogens (tertiary/aromatic N) is 1. The van der Waals surface area contributed by atoms with Crippen molar-refractivity contribution in [2.24, 2.45) is 11.8 Å². The Morgan fingerprint density at radius 2 is 2.18 bits per heavy atom. The molecule has 2 heterocycles. The zero-order valence-corrected chi connectivity index (χ0v) is 13.7. The van der Waals surface area contributed by atoms with Crippen molar-refractivity contribution < 1.29 is 9.53 Å². The second kappa shape index (κ2) is 6.88.